The van der Waals surface area contributed by atoms with Crippen molar-refractivity contribution in [1.29, 1.82) is 0 Å². The van der Waals surface area contributed by atoms with E-state index in [1.807, 2.05) is 18.2 Å². The van der Waals surface area contributed by atoms with Crippen LogP contribution < -0.4 is 5.32 Å². The van der Waals surface area contributed by atoms with Crippen LogP contribution in [0, 0.1) is 0 Å². The maximum Gasteiger partial charge on any atom is 0.144 e. The van der Waals surface area contributed by atoms with E-state index in [0.29, 0.717) is 12.6 Å². The Hall–Kier alpha value is -0.750. The average Bonchev–Trinajstić information content (AvgIpc) is 2.62. The summed E-state index contributed by atoms with van der Waals surface area (Å²) in [7, 11) is 0. The zero-order valence-corrected chi connectivity index (χ0v) is 15.4. The van der Waals surface area contributed by atoms with Gasteiger partial charge in [-0.25, -0.2) is 0 Å². The molecule has 4 nitrogen and oxygen atoms in total. The molecule has 6 heteroatoms. The molecule has 0 bridgehead atoms. The van der Waals surface area contributed by atoms with Gasteiger partial charge in [0, 0.05) is 35.2 Å². The Balaban J connectivity index is 1.47. The molecule has 1 aliphatic heterocycles. The molecule has 24 heavy (non-hydrogen) atoms. The smallest absolute Gasteiger partial charge is 0.144 e. The lowest BCUT2D eigenvalue weighted by Crippen LogP contribution is -2.38. The summed E-state index contributed by atoms with van der Waals surface area (Å²) in [6.07, 6.45) is 6.67. The van der Waals surface area contributed by atoms with Gasteiger partial charge in [-0.15, -0.1) is 11.8 Å². The van der Waals surface area contributed by atoms with E-state index in [2.05, 4.69) is 10.5 Å². The third kappa shape index (κ3) is 4.88. The molecule has 3 rings (SSSR count). The minimum absolute atomic E-state index is 0.215. The molecule has 0 spiro atoms. The minimum Gasteiger partial charge on any atom is -0.393 e. The molecule has 1 aromatic rings. The van der Waals surface area contributed by atoms with Gasteiger partial charge in [0.1, 0.15) is 12.7 Å². The fourth-order valence-corrected chi connectivity index (χ4v) is 4.62. The van der Waals surface area contributed by atoms with Gasteiger partial charge >= 0.3 is 0 Å². The Labute approximate surface area is 153 Å². The van der Waals surface area contributed by atoms with Crippen LogP contribution in [0.2, 0.25) is 5.02 Å². The van der Waals surface area contributed by atoms with Gasteiger partial charge in [0.2, 0.25) is 0 Å². The van der Waals surface area contributed by atoms with Crippen LogP contribution in [-0.4, -0.2) is 41.9 Å². The van der Waals surface area contributed by atoms with Crippen LogP contribution in [0.3, 0.4) is 0 Å². The van der Waals surface area contributed by atoms with Gasteiger partial charge in [-0.2, -0.15) is 0 Å². The fourth-order valence-electron chi connectivity index (χ4n) is 3.23. The molecule has 1 aliphatic carbocycles. The van der Waals surface area contributed by atoms with Crippen LogP contribution >= 0.6 is 23.4 Å². The Bertz CT molecular complexity index is 576. The van der Waals surface area contributed by atoms with Crippen molar-refractivity contribution < 1.29 is 9.94 Å². The number of fused-ring (bicyclic) bond motifs is 1. The number of nitrogens with zero attached hydrogens (tertiary/aromatic N) is 1. The number of hydrogen-bond acceptors (Lipinski definition) is 5. The Kier molecular flexibility index (Phi) is 6.84. The van der Waals surface area contributed by atoms with Crippen molar-refractivity contribution in [2.75, 3.05) is 18.9 Å². The third-order valence-electron chi connectivity index (χ3n) is 4.55. The average molecular weight is 369 g/mol. The quantitative estimate of drug-likeness (QED) is 0.749. The summed E-state index contributed by atoms with van der Waals surface area (Å²) in [6, 6.07) is 6.41. The number of aliphatic hydroxyl groups is 1. The zero-order valence-electron chi connectivity index (χ0n) is 13.8. The lowest BCUT2D eigenvalue weighted by atomic mass is 9.95. The number of rotatable bonds is 6. The van der Waals surface area contributed by atoms with Crippen molar-refractivity contribution >= 4 is 29.1 Å². The number of oxime groups is 1. The van der Waals surface area contributed by atoms with Gasteiger partial charge in [0.05, 0.1) is 10.7 Å². The molecule has 0 amide bonds. The summed E-state index contributed by atoms with van der Waals surface area (Å²) in [4.78, 5) is 6.49. The van der Waals surface area contributed by atoms with E-state index in [1.54, 1.807) is 11.8 Å². The van der Waals surface area contributed by atoms with E-state index in [9.17, 15) is 5.11 Å². The van der Waals surface area contributed by atoms with Crippen molar-refractivity contribution in [3.05, 3.63) is 28.8 Å². The molecule has 2 aliphatic rings. The first-order valence-electron chi connectivity index (χ1n) is 8.76. The molecule has 2 N–H and O–H groups in total. The highest BCUT2D eigenvalue weighted by atomic mass is 35.5. The lowest BCUT2D eigenvalue weighted by Gasteiger charge is -2.24. The summed E-state index contributed by atoms with van der Waals surface area (Å²) in [6.45, 7) is 0.778. The molecule has 0 saturated heterocycles. The van der Waals surface area contributed by atoms with Gasteiger partial charge in [-0.05, 0) is 18.9 Å². The number of thioether (sulfide) groups is 1. The van der Waals surface area contributed by atoms with Gasteiger partial charge in [0.15, 0.2) is 0 Å². The molecule has 1 saturated carbocycles. The summed E-state index contributed by atoms with van der Waals surface area (Å²) in [5.74, 6) is 0.949. The molecule has 0 radical (unpaired) electrons. The van der Waals surface area contributed by atoms with E-state index in [-0.39, 0.29) is 6.61 Å². The number of hydrogen-bond donors (Lipinski definition) is 2. The van der Waals surface area contributed by atoms with Gasteiger partial charge in [-0.3, -0.25) is 0 Å². The monoisotopic (exact) mass is 368 g/mol. The molecule has 1 atom stereocenters. The third-order valence-corrected chi connectivity index (χ3v) is 6.12. The van der Waals surface area contributed by atoms with Crippen LogP contribution in [0.4, 0.5) is 0 Å². The molecule has 1 fully saturated rings. The largest absolute Gasteiger partial charge is 0.393 e. The summed E-state index contributed by atoms with van der Waals surface area (Å²) in [5.41, 5.74) is 1.97. The highest BCUT2D eigenvalue weighted by molar-refractivity contribution is 7.99. The maximum atomic E-state index is 10.1. The number of aliphatic hydroxyl groups excluding tert-OH is 1. The van der Waals surface area contributed by atoms with Gasteiger partial charge in [-0.1, -0.05) is 48.2 Å². The Morgan fingerprint density at radius 3 is 3.00 bits per heavy atom. The van der Waals surface area contributed by atoms with E-state index in [0.717, 1.165) is 33.4 Å². The van der Waals surface area contributed by atoms with Gasteiger partial charge in [0.25, 0.3) is 0 Å². The van der Waals surface area contributed by atoms with Crippen molar-refractivity contribution in [3.63, 3.8) is 0 Å². The topological polar surface area (TPSA) is 53.8 Å². The molecular formula is C18H25ClN2O2S. The Morgan fingerprint density at radius 1 is 1.33 bits per heavy atom. The molecule has 1 aromatic carbocycles. The lowest BCUT2D eigenvalue weighted by molar-refractivity contribution is 0.0380. The molecule has 0 unspecified atom stereocenters. The van der Waals surface area contributed by atoms with Crippen LogP contribution in [0.25, 0.3) is 0 Å². The van der Waals surface area contributed by atoms with Crippen LogP contribution in [0.1, 0.15) is 44.1 Å². The normalized spacial score (nSPS) is 21.5. The molecule has 1 heterocycles. The van der Waals surface area contributed by atoms with Crippen LogP contribution in [0.5, 0.6) is 0 Å². The van der Waals surface area contributed by atoms with Crippen molar-refractivity contribution in [2.24, 2.45) is 5.16 Å². The number of halogens is 1. The SMILES string of the molecule is O[C@H](CNC1CCCCC1)CO/N=C1\CCSc2c(Cl)cccc21. The second-order valence-electron chi connectivity index (χ2n) is 6.45. The van der Waals surface area contributed by atoms with Crippen molar-refractivity contribution in [2.45, 2.75) is 55.6 Å². The van der Waals surface area contributed by atoms with Gasteiger partial charge < -0.3 is 15.3 Å². The highest BCUT2D eigenvalue weighted by Crippen LogP contribution is 2.35. The summed E-state index contributed by atoms with van der Waals surface area (Å²) < 4.78 is 0. The molecule has 0 aromatic heterocycles. The Morgan fingerprint density at radius 2 is 2.17 bits per heavy atom. The van der Waals surface area contributed by atoms with E-state index < -0.39 is 6.10 Å². The first kappa shape index (κ1) is 18.1. The second-order valence-corrected chi connectivity index (χ2v) is 7.96. The molecule has 132 valence electrons. The van der Waals surface area contributed by atoms with E-state index >= 15 is 0 Å². The van der Waals surface area contributed by atoms with Crippen molar-refractivity contribution in [1.82, 2.24) is 5.32 Å². The van der Waals surface area contributed by atoms with E-state index in [1.165, 1.54) is 32.1 Å². The van der Waals surface area contributed by atoms with E-state index in [4.69, 9.17) is 16.4 Å². The molecular weight excluding hydrogens is 344 g/mol. The number of benzene rings is 1. The second kappa shape index (κ2) is 9.09. The first-order chi connectivity index (χ1) is 11.7. The highest BCUT2D eigenvalue weighted by Gasteiger charge is 2.19. The minimum atomic E-state index is -0.534. The fraction of sp³-hybridized carbons (Fsp3) is 0.611. The summed E-state index contributed by atoms with van der Waals surface area (Å²) in [5, 5.41) is 18.5. The van der Waals surface area contributed by atoms with Crippen molar-refractivity contribution in [3.8, 4) is 0 Å². The number of nitrogens with one attached hydrogen (secondary N) is 1. The van der Waals surface area contributed by atoms with Crippen LogP contribution in [0.15, 0.2) is 28.3 Å². The first-order valence-corrected chi connectivity index (χ1v) is 10.1. The standard InChI is InChI=1S/C18H25ClN2O2S/c19-16-8-4-7-15-17(9-10-24-18(15)16)21-23-12-14(22)11-20-13-5-2-1-3-6-13/h4,7-8,13-14,20,22H,1-3,5-6,9-12H2/b21-17+/t14-/m1/s1. The maximum absolute atomic E-state index is 10.1. The van der Waals surface area contributed by atoms with Crippen LogP contribution in [-0.2, 0) is 4.84 Å². The predicted octanol–water partition coefficient (Wildman–Crippen LogP) is 3.84. The summed E-state index contributed by atoms with van der Waals surface area (Å²) >= 11 is 8.00. The zero-order chi connectivity index (χ0) is 16.8. The predicted molar refractivity (Wildman–Crippen MR) is 100 cm³/mol.